The predicted octanol–water partition coefficient (Wildman–Crippen LogP) is 0.965. The standard InChI is InChI=1S/C8H7F3N2O2/c9-8(10,11)5-1-2-7(13-3-5)15-4-6(12)14/h1-3H,4H2,(H2,12,14). The van der Waals surface area contributed by atoms with Gasteiger partial charge in [0.2, 0.25) is 5.88 Å². The molecule has 82 valence electrons. The van der Waals surface area contributed by atoms with Crippen molar-refractivity contribution in [1.82, 2.24) is 4.98 Å². The zero-order valence-corrected chi connectivity index (χ0v) is 7.41. The number of hydrogen-bond donors (Lipinski definition) is 1. The highest BCUT2D eigenvalue weighted by molar-refractivity contribution is 5.75. The largest absolute Gasteiger partial charge is 0.468 e. The first-order valence-electron chi connectivity index (χ1n) is 3.84. The molecule has 7 heteroatoms. The van der Waals surface area contributed by atoms with Crippen LogP contribution in [-0.4, -0.2) is 17.5 Å². The van der Waals surface area contributed by atoms with E-state index in [4.69, 9.17) is 5.73 Å². The normalized spacial score (nSPS) is 11.1. The molecule has 0 radical (unpaired) electrons. The van der Waals surface area contributed by atoms with Crippen LogP contribution in [0.1, 0.15) is 5.56 Å². The molecule has 1 heterocycles. The van der Waals surface area contributed by atoms with Crippen molar-refractivity contribution in [1.29, 1.82) is 0 Å². The van der Waals surface area contributed by atoms with Crippen molar-refractivity contribution in [2.24, 2.45) is 5.73 Å². The van der Waals surface area contributed by atoms with Gasteiger partial charge < -0.3 is 10.5 Å². The van der Waals surface area contributed by atoms with Crippen molar-refractivity contribution in [3.63, 3.8) is 0 Å². The number of nitrogens with two attached hydrogens (primary N) is 1. The molecule has 15 heavy (non-hydrogen) atoms. The van der Waals surface area contributed by atoms with Gasteiger partial charge in [-0.15, -0.1) is 0 Å². The molecule has 0 aliphatic rings. The Bertz CT molecular complexity index is 348. The Morgan fingerprint density at radius 3 is 2.53 bits per heavy atom. The highest BCUT2D eigenvalue weighted by atomic mass is 19.4. The number of rotatable bonds is 3. The summed E-state index contributed by atoms with van der Waals surface area (Å²) in [6.45, 7) is -0.418. The maximum absolute atomic E-state index is 12.1. The van der Waals surface area contributed by atoms with E-state index in [1.165, 1.54) is 0 Å². The average molecular weight is 220 g/mol. The summed E-state index contributed by atoms with van der Waals surface area (Å²) in [5.74, 6) is -0.807. The summed E-state index contributed by atoms with van der Waals surface area (Å²) >= 11 is 0. The summed E-state index contributed by atoms with van der Waals surface area (Å²) in [5, 5.41) is 0. The number of aromatic nitrogens is 1. The van der Waals surface area contributed by atoms with E-state index >= 15 is 0 Å². The number of halogens is 3. The van der Waals surface area contributed by atoms with Crippen LogP contribution in [0.4, 0.5) is 13.2 Å². The number of hydrogen-bond acceptors (Lipinski definition) is 3. The van der Waals surface area contributed by atoms with Gasteiger partial charge in [-0.2, -0.15) is 13.2 Å². The smallest absolute Gasteiger partial charge is 0.417 e. The van der Waals surface area contributed by atoms with Crippen molar-refractivity contribution in [2.75, 3.05) is 6.61 Å². The topological polar surface area (TPSA) is 65.2 Å². The van der Waals surface area contributed by atoms with Crippen LogP contribution in [0, 0.1) is 0 Å². The van der Waals surface area contributed by atoms with Gasteiger partial charge in [0.1, 0.15) is 0 Å². The van der Waals surface area contributed by atoms with Gasteiger partial charge in [0, 0.05) is 12.3 Å². The van der Waals surface area contributed by atoms with E-state index < -0.39 is 24.3 Å². The van der Waals surface area contributed by atoms with E-state index in [1.54, 1.807) is 0 Å². The second-order valence-corrected chi connectivity index (χ2v) is 2.64. The fourth-order valence-corrected chi connectivity index (χ4v) is 0.778. The molecular weight excluding hydrogens is 213 g/mol. The van der Waals surface area contributed by atoms with Gasteiger partial charge in [-0.1, -0.05) is 0 Å². The van der Waals surface area contributed by atoms with Gasteiger partial charge >= 0.3 is 6.18 Å². The first-order valence-corrected chi connectivity index (χ1v) is 3.84. The van der Waals surface area contributed by atoms with Crippen molar-refractivity contribution < 1.29 is 22.7 Å². The molecule has 1 aromatic heterocycles. The Hall–Kier alpha value is -1.79. The number of carbonyl (C=O) groups excluding carboxylic acids is 1. The van der Waals surface area contributed by atoms with Crippen molar-refractivity contribution in [2.45, 2.75) is 6.18 Å². The molecule has 1 amide bonds. The molecule has 4 nitrogen and oxygen atoms in total. The lowest BCUT2D eigenvalue weighted by molar-refractivity contribution is -0.137. The summed E-state index contributed by atoms with van der Waals surface area (Å²) in [6, 6.07) is 1.83. The van der Waals surface area contributed by atoms with Crippen LogP contribution in [0.5, 0.6) is 5.88 Å². The number of alkyl halides is 3. The summed E-state index contributed by atoms with van der Waals surface area (Å²) < 4.78 is 40.9. The molecule has 0 aromatic carbocycles. The van der Waals surface area contributed by atoms with Crippen LogP contribution in [0.25, 0.3) is 0 Å². The quantitative estimate of drug-likeness (QED) is 0.825. The number of nitrogens with zero attached hydrogens (tertiary/aromatic N) is 1. The lowest BCUT2D eigenvalue weighted by Gasteiger charge is -2.06. The summed E-state index contributed by atoms with van der Waals surface area (Å²) in [6.07, 6.45) is -3.81. The minimum atomic E-state index is -4.44. The van der Waals surface area contributed by atoms with Gasteiger partial charge in [-0.3, -0.25) is 4.79 Å². The Morgan fingerprint density at radius 2 is 2.13 bits per heavy atom. The van der Waals surface area contributed by atoms with Crippen LogP contribution >= 0.6 is 0 Å². The van der Waals surface area contributed by atoms with E-state index in [0.717, 1.165) is 12.1 Å². The maximum Gasteiger partial charge on any atom is 0.417 e. The molecule has 0 saturated heterocycles. The molecule has 0 aliphatic heterocycles. The number of primary amides is 1. The van der Waals surface area contributed by atoms with E-state index in [9.17, 15) is 18.0 Å². The fraction of sp³-hybridized carbons (Fsp3) is 0.250. The summed E-state index contributed by atoms with van der Waals surface area (Å²) in [7, 11) is 0. The number of carbonyl (C=O) groups is 1. The number of ether oxygens (including phenoxy) is 1. The second kappa shape index (κ2) is 4.16. The minimum absolute atomic E-state index is 0.0817. The molecule has 0 atom stereocenters. The molecule has 0 spiro atoms. The van der Waals surface area contributed by atoms with Gasteiger partial charge in [0.05, 0.1) is 5.56 Å². The number of pyridine rings is 1. The molecule has 0 aliphatic carbocycles. The van der Waals surface area contributed by atoms with Crippen LogP contribution in [0.2, 0.25) is 0 Å². The Morgan fingerprint density at radius 1 is 1.47 bits per heavy atom. The molecule has 0 bridgehead atoms. The molecule has 1 rings (SSSR count). The zero-order chi connectivity index (χ0) is 11.5. The first-order chi connectivity index (χ1) is 6.89. The van der Waals surface area contributed by atoms with Crippen molar-refractivity contribution in [3.8, 4) is 5.88 Å². The lowest BCUT2D eigenvalue weighted by atomic mass is 10.3. The molecule has 1 aromatic rings. The monoisotopic (exact) mass is 220 g/mol. The maximum atomic E-state index is 12.1. The third-order valence-corrected chi connectivity index (χ3v) is 1.43. The molecule has 0 saturated carbocycles. The van der Waals surface area contributed by atoms with Gasteiger partial charge in [-0.25, -0.2) is 4.98 Å². The lowest BCUT2D eigenvalue weighted by Crippen LogP contribution is -2.20. The fourth-order valence-electron chi connectivity index (χ4n) is 0.778. The van der Waals surface area contributed by atoms with E-state index in [2.05, 4.69) is 9.72 Å². The summed E-state index contributed by atoms with van der Waals surface area (Å²) in [4.78, 5) is 13.7. The van der Waals surface area contributed by atoms with Crippen LogP contribution in [0.3, 0.4) is 0 Å². The van der Waals surface area contributed by atoms with Gasteiger partial charge in [-0.05, 0) is 6.07 Å². The van der Waals surface area contributed by atoms with E-state index in [-0.39, 0.29) is 5.88 Å². The van der Waals surface area contributed by atoms with Crippen LogP contribution < -0.4 is 10.5 Å². The minimum Gasteiger partial charge on any atom is -0.468 e. The Kier molecular flexibility index (Phi) is 3.13. The van der Waals surface area contributed by atoms with Crippen LogP contribution in [0.15, 0.2) is 18.3 Å². The van der Waals surface area contributed by atoms with Gasteiger partial charge in [0.15, 0.2) is 6.61 Å². The van der Waals surface area contributed by atoms with Crippen molar-refractivity contribution in [3.05, 3.63) is 23.9 Å². The van der Waals surface area contributed by atoms with E-state index in [0.29, 0.717) is 6.20 Å². The average Bonchev–Trinajstić information content (AvgIpc) is 2.14. The third kappa shape index (κ3) is 3.45. The van der Waals surface area contributed by atoms with Crippen LogP contribution in [-0.2, 0) is 11.0 Å². The van der Waals surface area contributed by atoms with Gasteiger partial charge in [0.25, 0.3) is 5.91 Å². The molecule has 0 fully saturated rings. The molecular formula is C8H7F3N2O2. The first kappa shape index (κ1) is 11.3. The summed E-state index contributed by atoms with van der Waals surface area (Å²) in [5.41, 5.74) is 3.89. The molecule has 2 N–H and O–H groups in total. The highest BCUT2D eigenvalue weighted by Crippen LogP contribution is 2.29. The highest BCUT2D eigenvalue weighted by Gasteiger charge is 2.30. The van der Waals surface area contributed by atoms with Crippen molar-refractivity contribution >= 4 is 5.91 Å². The third-order valence-electron chi connectivity index (χ3n) is 1.43. The zero-order valence-electron chi connectivity index (χ0n) is 7.41. The Labute approximate surface area is 82.9 Å². The SMILES string of the molecule is NC(=O)COc1ccc(C(F)(F)F)cn1. The Balaban J connectivity index is 2.69. The second-order valence-electron chi connectivity index (χ2n) is 2.64. The predicted molar refractivity (Wildman–Crippen MR) is 43.9 cm³/mol. The van der Waals surface area contributed by atoms with E-state index in [1.807, 2.05) is 0 Å². The molecule has 0 unspecified atom stereocenters. The number of amides is 1.